The molecule has 0 saturated carbocycles. The highest BCUT2D eigenvalue weighted by molar-refractivity contribution is 9.10. The number of nitrogens with zero attached hydrogens (tertiary/aromatic N) is 1. The maximum atomic E-state index is 12.6. The Balaban J connectivity index is 1.80. The molecule has 0 radical (unpaired) electrons. The monoisotopic (exact) mass is 520 g/mol. The maximum absolute atomic E-state index is 12.6. The van der Waals surface area contributed by atoms with Gasteiger partial charge in [0, 0.05) is 5.69 Å². The first-order valence-electron chi connectivity index (χ1n) is 10.1. The molecule has 0 heterocycles. The van der Waals surface area contributed by atoms with Gasteiger partial charge in [0.05, 0.1) is 17.1 Å². The highest BCUT2D eigenvalue weighted by Crippen LogP contribution is 2.38. The van der Waals surface area contributed by atoms with Crippen LogP contribution in [0.15, 0.2) is 70.7 Å². The van der Waals surface area contributed by atoms with Crippen molar-refractivity contribution < 1.29 is 24.2 Å². The van der Waals surface area contributed by atoms with Crippen molar-refractivity contribution in [2.24, 2.45) is 0 Å². The van der Waals surface area contributed by atoms with Gasteiger partial charge in [0.1, 0.15) is 18.2 Å². The Morgan fingerprint density at radius 3 is 2.47 bits per heavy atom. The average Bonchev–Trinajstić information content (AvgIpc) is 2.82. The van der Waals surface area contributed by atoms with Crippen LogP contribution in [0.2, 0.25) is 0 Å². The summed E-state index contributed by atoms with van der Waals surface area (Å²) in [5, 5.41) is 21.1. The summed E-state index contributed by atoms with van der Waals surface area (Å²) in [6.45, 7) is 2.36. The topological polar surface area (TPSA) is 109 Å². The van der Waals surface area contributed by atoms with Gasteiger partial charge in [-0.25, -0.2) is 4.79 Å². The lowest BCUT2D eigenvalue weighted by Crippen LogP contribution is -2.13. The normalized spacial score (nSPS) is 10.8. The Morgan fingerprint density at radius 1 is 1.15 bits per heavy atom. The van der Waals surface area contributed by atoms with E-state index in [0.717, 1.165) is 11.1 Å². The molecule has 7 nitrogen and oxygen atoms in total. The molecule has 0 unspecified atom stereocenters. The number of rotatable bonds is 8. The Bertz CT molecular complexity index is 1290. The summed E-state index contributed by atoms with van der Waals surface area (Å²) in [6, 6.07) is 18.8. The molecule has 34 heavy (non-hydrogen) atoms. The summed E-state index contributed by atoms with van der Waals surface area (Å²) in [7, 11) is 1.51. The lowest BCUT2D eigenvalue weighted by Gasteiger charge is -2.14. The minimum absolute atomic E-state index is 0.0933. The molecular weight excluding hydrogens is 500 g/mol. The minimum Gasteiger partial charge on any atom is -0.493 e. The van der Waals surface area contributed by atoms with E-state index in [2.05, 4.69) is 21.2 Å². The first kappa shape index (κ1) is 24.6. The third-order valence-corrected chi connectivity index (χ3v) is 5.54. The number of ether oxygens (including phenoxy) is 2. The Hall–Kier alpha value is -4.09. The van der Waals surface area contributed by atoms with Crippen molar-refractivity contribution in [2.45, 2.75) is 13.5 Å². The number of halogens is 1. The third kappa shape index (κ3) is 6.03. The number of amides is 1. The molecular formula is C26H21BrN2O5. The summed E-state index contributed by atoms with van der Waals surface area (Å²) in [5.74, 6) is -0.748. The van der Waals surface area contributed by atoms with E-state index >= 15 is 0 Å². The number of aromatic carboxylic acids is 1. The molecule has 8 heteroatoms. The summed E-state index contributed by atoms with van der Waals surface area (Å²) in [6.07, 6.45) is 1.43. The van der Waals surface area contributed by atoms with Crippen LogP contribution in [0.3, 0.4) is 0 Å². The standard InChI is InChI=1S/C26H21BrN2O5/c1-16-5-3-4-6-19(16)15-34-24-22(27)12-17(13-23(24)33-2)11-20(14-28)25(30)29-21-9-7-18(8-10-21)26(31)32/h3-13H,15H2,1-2H3,(H,29,30)(H,31,32)/b20-11+. The van der Waals surface area contributed by atoms with E-state index in [9.17, 15) is 14.9 Å². The molecule has 0 saturated heterocycles. The summed E-state index contributed by atoms with van der Waals surface area (Å²) >= 11 is 3.49. The highest BCUT2D eigenvalue weighted by atomic mass is 79.9. The van der Waals surface area contributed by atoms with E-state index in [1.54, 1.807) is 12.1 Å². The van der Waals surface area contributed by atoms with Crippen LogP contribution in [0.4, 0.5) is 5.69 Å². The molecule has 0 bridgehead atoms. The van der Waals surface area contributed by atoms with Crippen LogP contribution < -0.4 is 14.8 Å². The van der Waals surface area contributed by atoms with Crippen molar-refractivity contribution in [2.75, 3.05) is 12.4 Å². The van der Waals surface area contributed by atoms with Crippen LogP contribution in [0, 0.1) is 18.3 Å². The smallest absolute Gasteiger partial charge is 0.335 e. The second-order valence-electron chi connectivity index (χ2n) is 7.26. The van der Waals surface area contributed by atoms with Crippen LogP contribution in [0.1, 0.15) is 27.0 Å². The van der Waals surface area contributed by atoms with E-state index in [1.807, 2.05) is 37.3 Å². The van der Waals surface area contributed by atoms with Gasteiger partial charge in [-0.2, -0.15) is 5.26 Å². The van der Waals surface area contributed by atoms with Gasteiger partial charge in [-0.3, -0.25) is 4.79 Å². The number of methoxy groups -OCH3 is 1. The zero-order valence-electron chi connectivity index (χ0n) is 18.5. The van der Waals surface area contributed by atoms with Crippen molar-refractivity contribution in [1.82, 2.24) is 0 Å². The quantitative estimate of drug-likeness (QED) is 0.296. The number of carbonyl (C=O) groups excluding carboxylic acids is 1. The van der Waals surface area contributed by atoms with Crippen molar-refractivity contribution in [3.8, 4) is 17.6 Å². The van der Waals surface area contributed by atoms with Crippen LogP contribution in [0.25, 0.3) is 6.08 Å². The zero-order valence-corrected chi connectivity index (χ0v) is 20.0. The van der Waals surface area contributed by atoms with Gasteiger partial charge in [0.2, 0.25) is 0 Å². The number of nitrogens with one attached hydrogen (secondary N) is 1. The fourth-order valence-corrected chi connectivity index (χ4v) is 3.67. The molecule has 0 fully saturated rings. The number of nitriles is 1. The van der Waals surface area contributed by atoms with E-state index in [4.69, 9.17) is 14.6 Å². The average molecular weight is 521 g/mol. The van der Waals surface area contributed by atoms with Crippen LogP contribution >= 0.6 is 15.9 Å². The molecule has 0 aromatic heterocycles. The second kappa shape index (κ2) is 11.2. The summed E-state index contributed by atoms with van der Waals surface area (Å²) in [4.78, 5) is 23.5. The van der Waals surface area contributed by atoms with E-state index in [1.165, 1.54) is 37.5 Å². The molecule has 0 spiro atoms. The Morgan fingerprint density at radius 2 is 1.85 bits per heavy atom. The Labute approximate surface area is 205 Å². The lowest BCUT2D eigenvalue weighted by molar-refractivity contribution is -0.112. The molecule has 0 aliphatic rings. The lowest BCUT2D eigenvalue weighted by atomic mass is 10.1. The third-order valence-electron chi connectivity index (χ3n) is 4.95. The Kier molecular flexibility index (Phi) is 8.06. The number of hydrogen-bond donors (Lipinski definition) is 2. The highest BCUT2D eigenvalue weighted by Gasteiger charge is 2.15. The van der Waals surface area contributed by atoms with E-state index < -0.39 is 11.9 Å². The maximum Gasteiger partial charge on any atom is 0.335 e. The van der Waals surface area contributed by atoms with Gasteiger partial charge >= 0.3 is 5.97 Å². The fraction of sp³-hybridized carbons (Fsp3) is 0.115. The fourth-order valence-electron chi connectivity index (χ4n) is 3.09. The molecule has 3 rings (SSSR count). The zero-order chi connectivity index (χ0) is 24.7. The molecule has 2 N–H and O–H groups in total. The number of carbonyl (C=O) groups is 2. The molecule has 1 amide bonds. The minimum atomic E-state index is -1.07. The number of hydrogen-bond acceptors (Lipinski definition) is 5. The summed E-state index contributed by atoms with van der Waals surface area (Å²) in [5.41, 5.74) is 3.04. The molecule has 3 aromatic carbocycles. The number of aryl methyl sites for hydroxylation is 1. The van der Waals surface area contributed by atoms with Gasteiger partial charge in [-0.05, 0) is 82.0 Å². The van der Waals surface area contributed by atoms with Crippen LogP contribution in [-0.2, 0) is 11.4 Å². The SMILES string of the molecule is COc1cc(/C=C(\C#N)C(=O)Nc2ccc(C(=O)O)cc2)cc(Br)c1OCc1ccccc1C. The first-order valence-corrected chi connectivity index (χ1v) is 10.9. The number of carboxylic acid groups (broad SMARTS) is 1. The van der Waals surface area contributed by atoms with Crippen molar-refractivity contribution in [1.29, 1.82) is 5.26 Å². The predicted molar refractivity (Wildman–Crippen MR) is 132 cm³/mol. The van der Waals surface area contributed by atoms with E-state index in [0.29, 0.717) is 33.8 Å². The molecule has 172 valence electrons. The molecule has 0 aliphatic heterocycles. The number of carboxylic acids is 1. The van der Waals surface area contributed by atoms with Gasteiger partial charge in [-0.1, -0.05) is 24.3 Å². The van der Waals surface area contributed by atoms with Gasteiger partial charge in [0.25, 0.3) is 5.91 Å². The number of benzene rings is 3. The largest absolute Gasteiger partial charge is 0.493 e. The van der Waals surface area contributed by atoms with E-state index in [-0.39, 0.29) is 11.1 Å². The van der Waals surface area contributed by atoms with Crippen molar-refractivity contribution >= 4 is 39.6 Å². The predicted octanol–water partition coefficient (Wildman–Crippen LogP) is 5.59. The van der Waals surface area contributed by atoms with Crippen molar-refractivity contribution in [3.63, 3.8) is 0 Å². The second-order valence-corrected chi connectivity index (χ2v) is 8.11. The van der Waals surface area contributed by atoms with Gasteiger partial charge < -0.3 is 19.9 Å². The molecule has 0 aliphatic carbocycles. The van der Waals surface area contributed by atoms with Gasteiger partial charge in [0.15, 0.2) is 11.5 Å². The van der Waals surface area contributed by atoms with Crippen LogP contribution in [0.5, 0.6) is 11.5 Å². The molecule has 3 aromatic rings. The first-order chi connectivity index (χ1) is 16.3. The summed E-state index contributed by atoms with van der Waals surface area (Å²) < 4.78 is 12.1. The van der Waals surface area contributed by atoms with Crippen LogP contribution in [-0.4, -0.2) is 24.1 Å². The van der Waals surface area contributed by atoms with Gasteiger partial charge in [-0.15, -0.1) is 0 Å². The molecule has 0 atom stereocenters. The van der Waals surface area contributed by atoms with Crippen molar-refractivity contribution in [3.05, 3.63) is 93.0 Å². The number of anilines is 1.